The Balaban J connectivity index is 1.95. The van der Waals surface area contributed by atoms with Crippen molar-refractivity contribution in [1.29, 1.82) is 0 Å². The number of nitrogen functional groups attached to an aromatic ring is 1. The molecule has 0 spiro atoms. The SMILES string of the molecule is CC/C=C(\NNC(=O)Cn1nnnc1N)c1ccccc1. The van der Waals surface area contributed by atoms with E-state index in [-0.39, 0.29) is 18.4 Å². The summed E-state index contributed by atoms with van der Waals surface area (Å²) in [6.45, 7) is 1.97. The second-order valence-corrected chi connectivity index (χ2v) is 4.26. The summed E-state index contributed by atoms with van der Waals surface area (Å²) in [4.78, 5) is 11.8. The van der Waals surface area contributed by atoms with E-state index in [1.54, 1.807) is 0 Å². The van der Waals surface area contributed by atoms with Crippen molar-refractivity contribution in [1.82, 2.24) is 31.1 Å². The Hall–Kier alpha value is -2.90. The monoisotopic (exact) mass is 287 g/mol. The van der Waals surface area contributed by atoms with Gasteiger partial charge in [0.05, 0.1) is 5.70 Å². The Morgan fingerprint density at radius 2 is 2.10 bits per heavy atom. The Labute approximate surface area is 122 Å². The number of hydrazine groups is 1. The Bertz CT molecular complexity index is 620. The minimum absolute atomic E-state index is 0.0555. The van der Waals surface area contributed by atoms with Gasteiger partial charge in [0.1, 0.15) is 6.54 Å². The molecule has 2 aromatic rings. The molecule has 2 rings (SSSR count). The Morgan fingerprint density at radius 1 is 1.33 bits per heavy atom. The van der Waals surface area contributed by atoms with Crippen LogP contribution in [0.2, 0.25) is 0 Å². The molecule has 0 unspecified atom stereocenters. The van der Waals surface area contributed by atoms with Crippen molar-refractivity contribution in [2.24, 2.45) is 0 Å². The van der Waals surface area contributed by atoms with Crippen LogP contribution in [0, 0.1) is 0 Å². The number of anilines is 1. The average Bonchev–Trinajstić information content (AvgIpc) is 2.89. The zero-order valence-electron chi connectivity index (χ0n) is 11.7. The van der Waals surface area contributed by atoms with Crippen LogP contribution in [0.4, 0.5) is 5.95 Å². The maximum atomic E-state index is 11.8. The fourth-order valence-electron chi connectivity index (χ4n) is 1.70. The third-order valence-corrected chi connectivity index (χ3v) is 2.68. The number of carbonyl (C=O) groups excluding carboxylic acids is 1. The summed E-state index contributed by atoms with van der Waals surface area (Å²) >= 11 is 0. The number of tetrazole rings is 1. The first-order valence-electron chi connectivity index (χ1n) is 6.52. The van der Waals surface area contributed by atoms with Crippen molar-refractivity contribution >= 4 is 17.6 Å². The largest absolute Gasteiger partial charge is 0.367 e. The summed E-state index contributed by atoms with van der Waals surface area (Å²) in [6.07, 6.45) is 2.83. The normalized spacial score (nSPS) is 11.2. The molecule has 0 atom stereocenters. The zero-order valence-corrected chi connectivity index (χ0v) is 11.7. The van der Waals surface area contributed by atoms with Gasteiger partial charge in [0.2, 0.25) is 5.95 Å². The van der Waals surface area contributed by atoms with Crippen LogP contribution < -0.4 is 16.6 Å². The van der Waals surface area contributed by atoms with E-state index >= 15 is 0 Å². The van der Waals surface area contributed by atoms with Crippen LogP contribution in [-0.4, -0.2) is 26.1 Å². The van der Waals surface area contributed by atoms with E-state index in [4.69, 9.17) is 5.73 Å². The molecule has 0 saturated heterocycles. The summed E-state index contributed by atoms with van der Waals surface area (Å²) in [5.74, 6) is -0.204. The third kappa shape index (κ3) is 4.03. The molecule has 0 fully saturated rings. The maximum Gasteiger partial charge on any atom is 0.260 e. The van der Waals surface area contributed by atoms with Crippen molar-refractivity contribution in [2.45, 2.75) is 19.9 Å². The minimum atomic E-state index is -0.299. The van der Waals surface area contributed by atoms with E-state index in [0.29, 0.717) is 0 Å². The fourth-order valence-corrected chi connectivity index (χ4v) is 1.70. The number of allylic oxidation sites excluding steroid dienone is 1. The van der Waals surface area contributed by atoms with Crippen molar-refractivity contribution in [3.8, 4) is 0 Å². The van der Waals surface area contributed by atoms with Gasteiger partial charge in [-0.3, -0.25) is 15.6 Å². The van der Waals surface area contributed by atoms with Crippen LogP contribution in [0.5, 0.6) is 0 Å². The number of amides is 1. The Kier molecular flexibility index (Phi) is 4.86. The molecule has 8 nitrogen and oxygen atoms in total. The summed E-state index contributed by atoms with van der Waals surface area (Å²) in [7, 11) is 0. The number of nitrogens with one attached hydrogen (secondary N) is 2. The van der Waals surface area contributed by atoms with E-state index in [1.165, 1.54) is 4.68 Å². The van der Waals surface area contributed by atoms with E-state index < -0.39 is 0 Å². The number of nitrogens with zero attached hydrogens (tertiary/aromatic N) is 4. The smallest absolute Gasteiger partial charge is 0.260 e. The summed E-state index contributed by atoms with van der Waals surface area (Å²) in [6, 6.07) is 9.72. The molecule has 110 valence electrons. The number of nitrogens with two attached hydrogens (primary N) is 1. The predicted octanol–water partition coefficient (Wildman–Crippen LogP) is 0.327. The van der Waals surface area contributed by atoms with Gasteiger partial charge in [0, 0.05) is 0 Å². The molecule has 1 aromatic carbocycles. The molecule has 0 aliphatic rings. The number of hydrogen-bond donors (Lipinski definition) is 3. The summed E-state index contributed by atoms with van der Waals surface area (Å²) in [5.41, 5.74) is 12.8. The molecular formula is C13H17N7O. The van der Waals surface area contributed by atoms with Crippen LogP contribution in [0.1, 0.15) is 18.9 Å². The lowest BCUT2D eigenvalue weighted by molar-refractivity contribution is -0.122. The molecule has 4 N–H and O–H groups in total. The van der Waals surface area contributed by atoms with Crippen molar-refractivity contribution in [3.05, 3.63) is 42.0 Å². The number of aromatic nitrogens is 4. The highest BCUT2D eigenvalue weighted by Gasteiger charge is 2.08. The lowest BCUT2D eigenvalue weighted by Crippen LogP contribution is -2.38. The quantitative estimate of drug-likeness (QED) is 0.660. The standard InChI is InChI=1S/C13H17N7O/c1-2-6-11(10-7-4-3-5-8-10)15-16-12(21)9-20-13(14)17-18-19-20/h3-8,15H,2,9H2,1H3,(H,16,21)(H2,14,17,19)/b11-6-. The number of carbonyl (C=O) groups is 1. The molecule has 8 heteroatoms. The summed E-state index contributed by atoms with van der Waals surface area (Å²) < 4.78 is 1.21. The van der Waals surface area contributed by atoms with Gasteiger partial charge < -0.3 is 5.73 Å². The van der Waals surface area contributed by atoms with Gasteiger partial charge >= 0.3 is 0 Å². The number of hydrogen-bond acceptors (Lipinski definition) is 6. The maximum absolute atomic E-state index is 11.8. The first kappa shape index (κ1) is 14.5. The van der Waals surface area contributed by atoms with Gasteiger partial charge in [0.25, 0.3) is 5.91 Å². The average molecular weight is 287 g/mol. The fraction of sp³-hybridized carbons (Fsp3) is 0.231. The molecule has 0 aliphatic heterocycles. The van der Waals surface area contributed by atoms with Crippen molar-refractivity contribution in [3.63, 3.8) is 0 Å². The van der Waals surface area contributed by atoms with Gasteiger partial charge in [0.15, 0.2) is 0 Å². The van der Waals surface area contributed by atoms with Crippen LogP contribution in [0.25, 0.3) is 5.70 Å². The van der Waals surface area contributed by atoms with Crippen LogP contribution in [-0.2, 0) is 11.3 Å². The number of benzene rings is 1. The highest BCUT2D eigenvalue weighted by molar-refractivity contribution is 5.77. The summed E-state index contributed by atoms with van der Waals surface area (Å²) in [5, 5.41) is 10.5. The van der Waals surface area contributed by atoms with Crippen LogP contribution in [0.15, 0.2) is 36.4 Å². The van der Waals surface area contributed by atoms with E-state index in [9.17, 15) is 4.79 Å². The molecule has 1 heterocycles. The van der Waals surface area contributed by atoms with Crippen molar-refractivity contribution < 1.29 is 4.79 Å². The van der Waals surface area contributed by atoms with E-state index in [2.05, 4.69) is 26.4 Å². The zero-order chi connectivity index (χ0) is 15.1. The second kappa shape index (κ2) is 7.04. The molecule has 1 amide bonds. The number of rotatable bonds is 6. The van der Waals surface area contributed by atoms with Gasteiger partial charge in [-0.2, -0.15) is 0 Å². The Morgan fingerprint density at radius 3 is 2.71 bits per heavy atom. The molecule has 1 aromatic heterocycles. The topological polar surface area (TPSA) is 111 Å². The first-order chi connectivity index (χ1) is 10.2. The van der Waals surface area contributed by atoms with Gasteiger partial charge in [-0.1, -0.05) is 48.4 Å². The second-order valence-electron chi connectivity index (χ2n) is 4.26. The minimum Gasteiger partial charge on any atom is -0.367 e. The molecular weight excluding hydrogens is 270 g/mol. The molecule has 0 saturated carbocycles. The van der Waals surface area contributed by atoms with Gasteiger partial charge in [-0.05, 0) is 22.4 Å². The van der Waals surface area contributed by atoms with Gasteiger partial charge in [-0.25, -0.2) is 4.68 Å². The van der Waals surface area contributed by atoms with Gasteiger partial charge in [-0.15, -0.1) is 0 Å². The van der Waals surface area contributed by atoms with Crippen molar-refractivity contribution in [2.75, 3.05) is 5.73 Å². The highest BCUT2D eigenvalue weighted by Crippen LogP contribution is 2.10. The lowest BCUT2D eigenvalue weighted by atomic mass is 10.1. The molecule has 0 bridgehead atoms. The van der Waals surface area contributed by atoms with Crippen LogP contribution >= 0.6 is 0 Å². The van der Waals surface area contributed by atoms with E-state index in [1.807, 2.05) is 43.3 Å². The van der Waals surface area contributed by atoms with Crippen LogP contribution in [0.3, 0.4) is 0 Å². The first-order valence-corrected chi connectivity index (χ1v) is 6.52. The third-order valence-electron chi connectivity index (χ3n) is 2.68. The van der Waals surface area contributed by atoms with E-state index in [0.717, 1.165) is 17.7 Å². The molecule has 0 aliphatic carbocycles. The highest BCUT2D eigenvalue weighted by atomic mass is 16.2. The lowest BCUT2D eigenvalue weighted by Gasteiger charge is -2.12. The molecule has 0 radical (unpaired) electrons. The predicted molar refractivity (Wildman–Crippen MR) is 78.2 cm³/mol. The molecule has 21 heavy (non-hydrogen) atoms.